The molecule has 0 aromatic heterocycles. The zero-order chi connectivity index (χ0) is 20.8. The van der Waals surface area contributed by atoms with Crippen LogP contribution in [-0.4, -0.2) is 13.1 Å². The molecule has 0 spiro atoms. The molecule has 2 nitrogen and oxygen atoms in total. The summed E-state index contributed by atoms with van der Waals surface area (Å²) in [6, 6.07) is 38.7. The Kier molecular flexibility index (Phi) is 6.14. The SMILES string of the molecule is CCN(CC)c1ccc(-c2ccccc2N(c2ccccc2)c2ccccc2)cc1. The lowest BCUT2D eigenvalue weighted by Crippen LogP contribution is -2.21. The van der Waals surface area contributed by atoms with Crippen LogP contribution in [0.4, 0.5) is 22.7 Å². The van der Waals surface area contributed by atoms with Crippen molar-refractivity contribution in [2.75, 3.05) is 22.9 Å². The molecule has 0 N–H and O–H groups in total. The number of nitrogens with zero attached hydrogens (tertiary/aromatic N) is 2. The summed E-state index contributed by atoms with van der Waals surface area (Å²) in [6.07, 6.45) is 0. The lowest BCUT2D eigenvalue weighted by atomic mass is 10.0. The van der Waals surface area contributed by atoms with Gasteiger partial charge in [0, 0.05) is 35.7 Å². The highest BCUT2D eigenvalue weighted by atomic mass is 15.1. The number of anilines is 4. The standard InChI is InChI=1S/C28H28N2/c1-3-29(4-2)24-21-19-23(20-22-24)27-17-11-12-18-28(27)30(25-13-7-5-8-14-25)26-15-9-6-10-16-26/h5-22H,3-4H2,1-2H3. The average molecular weight is 393 g/mol. The Morgan fingerprint density at radius 3 is 1.53 bits per heavy atom. The Hall–Kier alpha value is -3.52. The summed E-state index contributed by atoms with van der Waals surface area (Å²) in [5.74, 6) is 0. The maximum atomic E-state index is 2.37. The van der Waals surface area contributed by atoms with E-state index in [0.717, 1.165) is 24.5 Å². The molecule has 4 aromatic rings. The lowest BCUT2D eigenvalue weighted by Gasteiger charge is -2.28. The number of hydrogen-bond donors (Lipinski definition) is 0. The highest BCUT2D eigenvalue weighted by Gasteiger charge is 2.16. The van der Waals surface area contributed by atoms with Crippen molar-refractivity contribution in [2.45, 2.75) is 13.8 Å². The van der Waals surface area contributed by atoms with Crippen molar-refractivity contribution in [3.63, 3.8) is 0 Å². The molecule has 0 heterocycles. The van der Waals surface area contributed by atoms with E-state index < -0.39 is 0 Å². The van der Waals surface area contributed by atoms with E-state index in [1.165, 1.54) is 22.5 Å². The van der Waals surface area contributed by atoms with Crippen molar-refractivity contribution >= 4 is 22.7 Å². The Morgan fingerprint density at radius 2 is 1.00 bits per heavy atom. The topological polar surface area (TPSA) is 6.48 Å². The van der Waals surface area contributed by atoms with Gasteiger partial charge in [0.25, 0.3) is 0 Å². The van der Waals surface area contributed by atoms with Crippen LogP contribution in [0, 0.1) is 0 Å². The van der Waals surface area contributed by atoms with E-state index in [1.807, 2.05) is 0 Å². The first-order valence-corrected chi connectivity index (χ1v) is 10.7. The fourth-order valence-electron chi connectivity index (χ4n) is 3.93. The van der Waals surface area contributed by atoms with Crippen LogP contribution in [0.5, 0.6) is 0 Å². The molecule has 4 rings (SSSR count). The normalized spacial score (nSPS) is 10.6. The minimum Gasteiger partial charge on any atom is -0.372 e. The number of hydrogen-bond acceptors (Lipinski definition) is 2. The molecule has 0 bridgehead atoms. The maximum absolute atomic E-state index is 2.37. The van der Waals surface area contributed by atoms with Crippen molar-refractivity contribution in [1.82, 2.24) is 0 Å². The van der Waals surface area contributed by atoms with Crippen LogP contribution in [0.3, 0.4) is 0 Å². The highest BCUT2D eigenvalue weighted by molar-refractivity contribution is 5.88. The average Bonchev–Trinajstić information content (AvgIpc) is 2.82. The molecule has 0 amide bonds. The molecule has 30 heavy (non-hydrogen) atoms. The molecular formula is C28H28N2. The Bertz CT molecular complexity index is 1010. The Morgan fingerprint density at radius 1 is 0.500 bits per heavy atom. The summed E-state index contributed by atoms with van der Waals surface area (Å²) in [4.78, 5) is 4.70. The molecule has 0 unspecified atom stereocenters. The van der Waals surface area contributed by atoms with Crippen molar-refractivity contribution in [3.05, 3.63) is 109 Å². The first-order valence-electron chi connectivity index (χ1n) is 10.7. The second kappa shape index (κ2) is 9.32. The molecular weight excluding hydrogens is 364 g/mol. The summed E-state index contributed by atoms with van der Waals surface area (Å²) < 4.78 is 0. The monoisotopic (exact) mass is 392 g/mol. The van der Waals surface area contributed by atoms with Crippen LogP contribution in [0.25, 0.3) is 11.1 Å². The second-order valence-electron chi connectivity index (χ2n) is 7.24. The fraction of sp³-hybridized carbons (Fsp3) is 0.143. The minimum atomic E-state index is 1.02. The predicted molar refractivity (Wildman–Crippen MR) is 130 cm³/mol. The van der Waals surface area contributed by atoms with E-state index in [2.05, 4.69) is 133 Å². The third-order valence-electron chi connectivity index (χ3n) is 5.48. The van der Waals surface area contributed by atoms with Gasteiger partial charge in [-0.25, -0.2) is 0 Å². The van der Waals surface area contributed by atoms with E-state index >= 15 is 0 Å². The summed E-state index contributed by atoms with van der Waals surface area (Å²) in [5.41, 5.74) is 7.18. The molecule has 0 saturated heterocycles. The maximum Gasteiger partial charge on any atom is 0.0540 e. The molecule has 0 aliphatic heterocycles. The van der Waals surface area contributed by atoms with E-state index in [1.54, 1.807) is 0 Å². The molecule has 0 aliphatic rings. The molecule has 2 heteroatoms. The lowest BCUT2D eigenvalue weighted by molar-refractivity contribution is 0.866. The van der Waals surface area contributed by atoms with Gasteiger partial charge in [-0.15, -0.1) is 0 Å². The van der Waals surface area contributed by atoms with E-state index in [9.17, 15) is 0 Å². The molecule has 150 valence electrons. The number of benzene rings is 4. The third-order valence-corrected chi connectivity index (χ3v) is 5.48. The van der Waals surface area contributed by atoms with Crippen LogP contribution in [0.15, 0.2) is 109 Å². The second-order valence-corrected chi connectivity index (χ2v) is 7.24. The smallest absolute Gasteiger partial charge is 0.0540 e. The summed E-state index contributed by atoms with van der Waals surface area (Å²) in [5, 5.41) is 0. The van der Waals surface area contributed by atoms with Gasteiger partial charge in [-0.2, -0.15) is 0 Å². The number of rotatable bonds is 7. The Balaban J connectivity index is 1.81. The van der Waals surface area contributed by atoms with Gasteiger partial charge in [0.2, 0.25) is 0 Å². The van der Waals surface area contributed by atoms with Gasteiger partial charge in [-0.05, 0) is 61.9 Å². The van der Waals surface area contributed by atoms with E-state index in [0.29, 0.717) is 0 Å². The summed E-state index contributed by atoms with van der Waals surface area (Å²) in [7, 11) is 0. The van der Waals surface area contributed by atoms with Crippen LogP contribution >= 0.6 is 0 Å². The van der Waals surface area contributed by atoms with Crippen molar-refractivity contribution < 1.29 is 0 Å². The highest BCUT2D eigenvalue weighted by Crippen LogP contribution is 2.40. The van der Waals surface area contributed by atoms with Crippen molar-refractivity contribution in [2.24, 2.45) is 0 Å². The number of para-hydroxylation sites is 3. The fourth-order valence-corrected chi connectivity index (χ4v) is 3.93. The van der Waals surface area contributed by atoms with Crippen molar-refractivity contribution in [3.8, 4) is 11.1 Å². The van der Waals surface area contributed by atoms with Gasteiger partial charge in [0.15, 0.2) is 0 Å². The van der Waals surface area contributed by atoms with Gasteiger partial charge in [-0.1, -0.05) is 66.7 Å². The molecule has 0 aliphatic carbocycles. The molecule has 0 fully saturated rings. The largest absolute Gasteiger partial charge is 0.372 e. The third kappa shape index (κ3) is 4.08. The molecule has 0 atom stereocenters. The zero-order valence-corrected chi connectivity index (χ0v) is 17.7. The molecule has 0 radical (unpaired) electrons. The van der Waals surface area contributed by atoms with Crippen LogP contribution in [-0.2, 0) is 0 Å². The first-order chi connectivity index (χ1) is 14.8. The van der Waals surface area contributed by atoms with Crippen LogP contribution < -0.4 is 9.80 Å². The van der Waals surface area contributed by atoms with Gasteiger partial charge in [0.05, 0.1) is 5.69 Å². The predicted octanol–water partition coefficient (Wildman–Crippen LogP) is 7.67. The van der Waals surface area contributed by atoms with E-state index in [4.69, 9.17) is 0 Å². The summed E-state index contributed by atoms with van der Waals surface area (Å²) >= 11 is 0. The minimum absolute atomic E-state index is 1.02. The first kappa shape index (κ1) is 19.8. The summed E-state index contributed by atoms with van der Waals surface area (Å²) in [6.45, 7) is 6.43. The van der Waals surface area contributed by atoms with Gasteiger partial charge >= 0.3 is 0 Å². The quantitative estimate of drug-likeness (QED) is 0.318. The van der Waals surface area contributed by atoms with Gasteiger partial charge < -0.3 is 9.80 Å². The zero-order valence-electron chi connectivity index (χ0n) is 17.7. The Labute approximate surface area is 180 Å². The van der Waals surface area contributed by atoms with Gasteiger partial charge in [-0.3, -0.25) is 0 Å². The van der Waals surface area contributed by atoms with Crippen LogP contribution in [0.2, 0.25) is 0 Å². The molecule has 4 aromatic carbocycles. The molecule has 0 saturated carbocycles. The van der Waals surface area contributed by atoms with E-state index in [-0.39, 0.29) is 0 Å². The van der Waals surface area contributed by atoms with Gasteiger partial charge in [0.1, 0.15) is 0 Å². The van der Waals surface area contributed by atoms with Crippen molar-refractivity contribution in [1.29, 1.82) is 0 Å². The van der Waals surface area contributed by atoms with Crippen LogP contribution in [0.1, 0.15) is 13.8 Å².